The molecule has 0 unspecified atom stereocenters. The van der Waals surface area contributed by atoms with Crippen LogP contribution >= 0.6 is 0 Å². The van der Waals surface area contributed by atoms with Crippen LogP contribution in [0, 0.1) is 5.82 Å². The van der Waals surface area contributed by atoms with Crippen molar-refractivity contribution in [2.75, 3.05) is 19.7 Å². The zero-order valence-electron chi connectivity index (χ0n) is 13.1. The van der Waals surface area contributed by atoms with Gasteiger partial charge in [-0.3, -0.25) is 9.69 Å². The van der Waals surface area contributed by atoms with Gasteiger partial charge in [0.25, 0.3) is 0 Å². The Morgan fingerprint density at radius 1 is 1.30 bits per heavy atom. The predicted molar refractivity (Wildman–Crippen MR) is 85.9 cm³/mol. The molecule has 5 nitrogen and oxygen atoms in total. The number of hydrogen-bond donors (Lipinski definition) is 2. The molecule has 0 bridgehead atoms. The molecule has 0 saturated carbocycles. The van der Waals surface area contributed by atoms with Crippen molar-refractivity contribution in [2.24, 2.45) is 0 Å². The Hall–Kier alpha value is -2.18. The second kappa shape index (κ2) is 7.89. The average Bonchev–Trinajstić information content (AvgIpc) is 2.53. The van der Waals surface area contributed by atoms with Gasteiger partial charge in [-0.15, -0.1) is 0 Å². The lowest BCUT2D eigenvalue weighted by molar-refractivity contribution is 0.193. The van der Waals surface area contributed by atoms with Crippen molar-refractivity contribution in [1.82, 2.24) is 9.47 Å². The van der Waals surface area contributed by atoms with Gasteiger partial charge in [-0.2, -0.15) is 0 Å². The van der Waals surface area contributed by atoms with Crippen LogP contribution in [0.5, 0.6) is 5.75 Å². The van der Waals surface area contributed by atoms with Crippen molar-refractivity contribution in [1.29, 1.82) is 0 Å². The van der Waals surface area contributed by atoms with Gasteiger partial charge in [0.2, 0.25) is 5.43 Å². The van der Waals surface area contributed by atoms with E-state index in [-0.39, 0.29) is 24.7 Å². The first-order valence-corrected chi connectivity index (χ1v) is 7.54. The molecule has 0 radical (unpaired) electrons. The second-order valence-electron chi connectivity index (χ2n) is 5.33. The van der Waals surface area contributed by atoms with Crippen molar-refractivity contribution in [2.45, 2.75) is 20.0 Å². The first-order chi connectivity index (χ1) is 11.0. The molecule has 1 heterocycles. The van der Waals surface area contributed by atoms with Gasteiger partial charge in [0.1, 0.15) is 5.82 Å². The summed E-state index contributed by atoms with van der Waals surface area (Å²) < 4.78 is 15.5. The molecule has 2 aromatic rings. The molecule has 2 N–H and O–H groups in total. The highest BCUT2D eigenvalue weighted by molar-refractivity contribution is 5.24. The highest BCUT2D eigenvalue weighted by Gasteiger charge is 2.11. The quantitative estimate of drug-likeness (QED) is 0.812. The molecule has 2 rings (SSSR count). The summed E-state index contributed by atoms with van der Waals surface area (Å²) in [6, 6.07) is 7.75. The standard InChI is InChI=1S/C17H21FN2O3/c1-2-19(7-8-21)11-14-9-16(22)17(23)12-20(14)10-13-5-3-4-6-15(13)18/h3-6,9,12,21,23H,2,7-8,10-11H2,1H3. The van der Waals surface area contributed by atoms with E-state index < -0.39 is 5.43 Å². The summed E-state index contributed by atoms with van der Waals surface area (Å²) in [5, 5.41) is 18.8. The third-order valence-corrected chi connectivity index (χ3v) is 3.74. The molecular weight excluding hydrogens is 299 g/mol. The molecule has 0 atom stereocenters. The maximum atomic E-state index is 13.9. The number of nitrogens with zero attached hydrogens (tertiary/aromatic N) is 2. The number of aromatic nitrogens is 1. The first kappa shape index (κ1) is 17.2. The van der Waals surface area contributed by atoms with Crippen molar-refractivity contribution in [3.8, 4) is 5.75 Å². The fraction of sp³-hybridized carbons (Fsp3) is 0.353. The molecule has 0 fully saturated rings. The maximum Gasteiger partial charge on any atom is 0.223 e. The molecule has 0 amide bonds. The van der Waals surface area contributed by atoms with Crippen molar-refractivity contribution < 1.29 is 14.6 Å². The van der Waals surface area contributed by atoms with Crippen molar-refractivity contribution in [3.05, 3.63) is 63.8 Å². The van der Waals surface area contributed by atoms with Gasteiger partial charge in [-0.1, -0.05) is 25.1 Å². The molecule has 0 spiro atoms. The normalized spacial score (nSPS) is 11.1. The third kappa shape index (κ3) is 4.40. The Bertz CT molecular complexity index is 715. The molecular formula is C17H21FN2O3. The lowest BCUT2D eigenvalue weighted by Gasteiger charge is -2.22. The minimum Gasteiger partial charge on any atom is -0.503 e. The molecule has 23 heavy (non-hydrogen) atoms. The SMILES string of the molecule is CCN(CCO)Cc1cc(=O)c(O)cn1Cc1ccccc1F. The van der Waals surface area contributed by atoms with E-state index in [2.05, 4.69) is 0 Å². The molecule has 0 aliphatic heterocycles. The zero-order chi connectivity index (χ0) is 16.8. The number of likely N-dealkylation sites (N-methyl/N-ethyl adjacent to an activating group) is 1. The van der Waals surface area contributed by atoms with E-state index in [1.54, 1.807) is 22.8 Å². The van der Waals surface area contributed by atoms with Gasteiger partial charge in [-0.05, 0) is 12.6 Å². The summed E-state index contributed by atoms with van der Waals surface area (Å²) in [7, 11) is 0. The summed E-state index contributed by atoms with van der Waals surface area (Å²) >= 11 is 0. The number of aliphatic hydroxyl groups excluding tert-OH is 1. The Morgan fingerprint density at radius 3 is 2.70 bits per heavy atom. The summed E-state index contributed by atoms with van der Waals surface area (Å²) in [4.78, 5) is 13.7. The number of pyridine rings is 1. The van der Waals surface area contributed by atoms with Gasteiger partial charge in [-0.25, -0.2) is 4.39 Å². The second-order valence-corrected chi connectivity index (χ2v) is 5.33. The van der Waals surface area contributed by atoms with Gasteiger partial charge < -0.3 is 14.8 Å². The van der Waals surface area contributed by atoms with Gasteiger partial charge in [0, 0.05) is 30.4 Å². The van der Waals surface area contributed by atoms with E-state index in [0.29, 0.717) is 30.9 Å². The molecule has 0 aliphatic carbocycles. The van der Waals surface area contributed by atoms with E-state index >= 15 is 0 Å². The van der Waals surface area contributed by atoms with Crippen molar-refractivity contribution >= 4 is 0 Å². The maximum absolute atomic E-state index is 13.9. The first-order valence-electron chi connectivity index (χ1n) is 7.54. The van der Waals surface area contributed by atoms with Crippen LogP contribution in [0.25, 0.3) is 0 Å². The summed E-state index contributed by atoms with van der Waals surface area (Å²) in [6.45, 7) is 3.80. The Morgan fingerprint density at radius 2 is 2.04 bits per heavy atom. The number of aromatic hydroxyl groups is 1. The average molecular weight is 320 g/mol. The van der Waals surface area contributed by atoms with Gasteiger partial charge >= 0.3 is 0 Å². The predicted octanol–water partition coefficient (Wildman–Crippen LogP) is 1.56. The Balaban J connectivity index is 2.35. The van der Waals surface area contributed by atoms with E-state index in [4.69, 9.17) is 5.11 Å². The summed E-state index contributed by atoms with van der Waals surface area (Å²) in [6.07, 6.45) is 1.33. The highest BCUT2D eigenvalue weighted by Crippen LogP contribution is 2.14. The number of aliphatic hydroxyl groups is 1. The van der Waals surface area contributed by atoms with E-state index in [9.17, 15) is 14.3 Å². The van der Waals surface area contributed by atoms with E-state index in [1.807, 2.05) is 11.8 Å². The number of hydrogen-bond acceptors (Lipinski definition) is 4. The lowest BCUT2D eigenvalue weighted by atomic mass is 10.2. The lowest BCUT2D eigenvalue weighted by Crippen LogP contribution is -2.28. The van der Waals surface area contributed by atoms with Crippen molar-refractivity contribution in [3.63, 3.8) is 0 Å². The van der Waals surface area contributed by atoms with Crippen LogP contribution in [0.1, 0.15) is 18.2 Å². The van der Waals surface area contributed by atoms with Crippen LogP contribution in [-0.4, -0.2) is 39.4 Å². The molecule has 124 valence electrons. The number of benzene rings is 1. The number of halogens is 1. The van der Waals surface area contributed by atoms with E-state index in [1.165, 1.54) is 18.3 Å². The van der Waals surface area contributed by atoms with E-state index in [0.717, 1.165) is 0 Å². The largest absolute Gasteiger partial charge is 0.503 e. The van der Waals surface area contributed by atoms with Crippen LogP contribution in [0.3, 0.4) is 0 Å². The Labute approximate surface area is 134 Å². The third-order valence-electron chi connectivity index (χ3n) is 3.74. The molecule has 6 heteroatoms. The van der Waals surface area contributed by atoms with Crippen LogP contribution < -0.4 is 5.43 Å². The summed E-state index contributed by atoms with van der Waals surface area (Å²) in [5.41, 5.74) is 0.665. The molecule has 0 saturated heterocycles. The minimum absolute atomic E-state index is 0.0173. The van der Waals surface area contributed by atoms with Crippen LogP contribution in [0.2, 0.25) is 0 Å². The topological polar surface area (TPSA) is 65.7 Å². The smallest absolute Gasteiger partial charge is 0.223 e. The zero-order valence-corrected chi connectivity index (χ0v) is 13.1. The van der Waals surface area contributed by atoms with Crippen LogP contribution in [0.15, 0.2) is 41.3 Å². The fourth-order valence-corrected chi connectivity index (χ4v) is 2.42. The highest BCUT2D eigenvalue weighted by atomic mass is 19.1. The Kier molecular flexibility index (Phi) is 5.90. The fourth-order valence-electron chi connectivity index (χ4n) is 2.42. The number of rotatable bonds is 7. The molecule has 1 aromatic heterocycles. The monoisotopic (exact) mass is 320 g/mol. The van der Waals surface area contributed by atoms with Gasteiger partial charge in [0.05, 0.1) is 19.3 Å². The molecule has 1 aromatic carbocycles. The minimum atomic E-state index is -0.468. The van der Waals surface area contributed by atoms with Crippen LogP contribution in [0.4, 0.5) is 4.39 Å². The summed E-state index contributed by atoms with van der Waals surface area (Å²) in [5.74, 6) is -0.699. The van der Waals surface area contributed by atoms with Gasteiger partial charge in [0.15, 0.2) is 5.75 Å². The van der Waals surface area contributed by atoms with Crippen LogP contribution in [-0.2, 0) is 13.1 Å². The molecule has 0 aliphatic rings.